The number of aromatic nitrogens is 2. The highest BCUT2D eigenvalue weighted by molar-refractivity contribution is 5.72. The highest BCUT2D eigenvalue weighted by atomic mass is 16.5. The number of fused-ring (bicyclic) bond motifs is 1. The maximum absolute atomic E-state index is 14.1. The highest BCUT2D eigenvalue weighted by Gasteiger charge is 2.33. The van der Waals surface area contributed by atoms with Gasteiger partial charge >= 0.3 is 0 Å². The van der Waals surface area contributed by atoms with Crippen LogP contribution in [0.1, 0.15) is 73.5 Å². The van der Waals surface area contributed by atoms with Gasteiger partial charge in [0.2, 0.25) is 0 Å². The van der Waals surface area contributed by atoms with Gasteiger partial charge in [-0.3, -0.25) is 9.36 Å². The third-order valence-electron chi connectivity index (χ3n) is 7.31. The zero-order valence-electron chi connectivity index (χ0n) is 22.9. The van der Waals surface area contributed by atoms with E-state index in [1.165, 1.54) is 0 Å². The van der Waals surface area contributed by atoms with E-state index in [1.807, 2.05) is 87.5 Å². The molecule has 0 spiro atoms. The van der Waals surface area contributed by atoms with E-state index in [0.29, 0.717) is 53.2 Å². The van der Waals surface area contributed by atoms with Gasteiger partial charge in [-0.15, -0.1) is 0 Å². The van der Waals surface area contributed by atoms with Crippen LogP contribution < -0.4 is 10.3 Å². The lowest BCUT2D eigenvalue weighted by Gasteiger charge is -2.35. The fourth-order valence-corrected chi connectivity index (χ4v) is 5.51. The summed E-state index contributed by atoms with van der Waals surface area (Å²) >= 11 is 0. The second-order valence-electron chi connectivity index (χ2n) is 10.8. The Morgan fingerprint density at radius 2 is 1.90 bits per heavy atom. The van der Waals surface area contributed by atoms with E-state index in [4.69, 9.17) is 9.72 Å². The van der Waals surface area contributed by atoms with Crippen LogP contribution in [0.5, 0.6) is 5.75 Å². The first kappa shape index (κ1) is 26.4. The Morgan fingerprint density at radius 3 is 2.62 bits per heavy atom. The fraction of sp³-hybridized carbons (Fsp3) is 0.303. The zero-order chi connectivity index (χ0) is 27.7. The Kier molecular flexibility index (Phi) is 7.12. The number of aliphatic hydroxyl groups is 1. The minimum Gasteiger partial charge on any atom is -0.487 e. The molecule has 0 amide bonds. The minimum atomic E-state index is -0.689. The molecule has 39 heavy (non-hydrogen) atoms. The molecule has 1 aromatic heterocycles. The van der Waals surface area contributed by atoms with Crippen LogP contribution in [0.15, 0.2) is 71.5 Å². The molecule has 3 aromatic carbocycles. The van der Waals surface area contributed by atoms with Gasteiger partial charge in [-0.1, -0.05) is 61.9 Å². The number of nitriles is 1. The Labute approximate surface area is 229 Å². The molecule has 2 heterocycles. The molecule has 198 valence electrons. The van der Waals surface area contributed by atoms with Crippen LogP contribution in [0.3, 0.4) is 0 Å². The number of nitrogens with zero attached hydrogens (tertiary/aromatic N) is 3. The first-order valence-electron chi connectivity index (χ1n) is 13.4. The molecule has 6 heteroatoms. The van der Waals surface area contributed by atoms with Crippen LogP contribution in [0, 0.1) is 18.3 Å². The van der Waals surface area contributed by atoms with Crippen LogP contribution in [0.4, 0.5) is 0 Å². The highest BCUT2D eigenvalue weighted by Crippen LogP contribution is 2.40. The molecule has 1 N–H and O–H groups in total. The van der Waals surface area contributed by atoms with Crippen molar-refractivity contribution in [1.82, 2.24) is 9.55 Å². The minimum absolute atomic E-state index is 0.161. The lowest BCUT2D eigenvalue weighted by atomic mass is 9.91. The van der Waals surface area contributed by atoms with Crippen LogP contribution in [-0.4, -0.2) is 20.3 Å². The molecule has 0 aliphatic carbocycles. The van der Waals surface area contributed by atoms with Crippen molar-refractivity contribution in [2.75, 3.05) is 0 Å². The summed E-state index contributed by atoms with van der Waals surface area (Å²) in [4.78, 5) is 19.0. The molecular weight excluding hydrogens is 486 g/mol. The summed E-state index contributed by atoms with van der Waals surface area (Å²) < 4.78 is 7.68. The van der Waals surface area contributed by atoms with Crippen molar-refractivity contribution in [3.63, 3.8) is 0 Å². The molecule has 0 saturated carbocycles. The van der Waals surface area contributed by atoms with E-state index < -0.39 is 11.7 Å². The molecule has 1 aliphatic rings. The maximum Gasteiger partial charge on any atom is 0.261 e. The topological polar surface area (TPSA) is 88.1 Å². The van der Waals surface area contributed by atoms with Crippen molar-refractivity contribution >= 4 is 0 Å². The molecule has 4 aromatic rings. The molecule has 5 rings (SSSR count). The van der Waals surface area contributed by atoms with Gasteiger partial charge in [0.15, 0.2) is 0 Å². The third-order valence-corrected chi connectivity index (χ3v) is 7.31. The molecule has 0 radical (unpaired) electrons. The standard InChI is InChI=1S/C33H33N3O3/c1-5-10-29-26(17-23-13-9-14-25(28(23)20-34)22-11-7-6-8-12-22)32(38)36(21(2)35-29)24-15-16-31-27(18-24)30(37)19-33(3,4)39-31/h6-9,11-16,18,30,37H,5,10,17,19H2,1-4H3. The van der Waals surface area contributed by atoms with Crippen molar-refractivity contribution in [2.45, 2.75) is 65.1 Å². The predicted molar refractivity (Wildman–Crippen MR) is 152 cm³/mol. The van der Waals surface area contributed by atoms with Gasteiger partial charge in [0.25, 0.3) is 5.56 Å². The van der Waals surface area contributed by atoms with E-state index in [0.717, 1.165) is 28.8 Å². The van der Waals surface area contributed by atoms with Gasteiger partial charge in [-0.05, 0) is 62.1 Å². The number of hydrogen-bond acceptors (Lipinski definition) is 5. The van der Waals surface area contributed by atoms with E-state index in [9.17, 15) is 15.2 Å². The number of hydrogen-bond donors (Lipinski definition) is 1. The van der Waals surface area contributed by atoms with Crippen LogP contribution in [0.2, 0.25) is 0 Å². The number of aliphatic hydroxyl groups excluding tert-OH is 1. The van der Waals surface area contributed by atoms with Gasteiger partial charge in [0.05, 0.1) is 23.0 Å². The SMILES string of the molecule is CCCc1nc(C)n(-c2ccc3c(c2)C(O)CC(C)(C)O3)c(=O)c1Cc1cccc(-c2ccccc2)c1C#N. The van der Waals surface area contributed by atoms with Gasteiger partial charge in [0, 0.05) is 24.0 Å². The molecule has 0 fully saturated rings. The average molecular weight is 520 g/mol. The first-order valence-corrected chi connectivity index (χ1v) is 13.4. The summed E-state index contributed by atoms with van der Waals surface area (Å²) in [6.07, 6.45) is 1.58. The van der Waals surface area contributed by atoms with Crippen molar-refractivity contribution < 1.29 is 9.84 Å². The lowest BCUT2D eigenvalue weighted by molar-refractivity contribution is 0.0115. The third kappa shape index (κ3) is 5.10. The fourth-order valence-electron chi connectivity index (χ4n) is 5.51. The molecule has 1 unspecified atom stereocenters. The Morgan fingerprint density at radius 1 is 1.13 bits per heavy atom. The number of rotatable bonds is 6. The van der Waals surface area contributed by atoms with Gasteiger partial charge in [-0.25, -0.2) is 4.98 Å². The quantitative estimate of drug-likeness (QED) is 0.327. The summed E-state index contributed by atoms with van der Waals surface area (Å²) in [6.45, 7) is 7.80. The molecular formula is C33H33N3O3. The smallest absolute Gasteiger partial charge is 0.261 e. The van der Waals surface area contributed by atoms with Crippen molar-refractivity contribution in [2.24, 2.45) is 0 Å². The number of ether oxygens (including phenoxy) is 1. The summed E-state index contributed by atoms with van der Waals surface area (Å²) in [7, 11) is 0. The zero-order valence-corrected chi connectivity index (χ0v) is 22.9. The average Bonchev–Trinajstić information content (AvgIpc) is 2.91. The summed E-state index contributed by atoms with van der Waals surface area (Å²) in [5.41, 5.74) is 5.18. The van der Waals surface area contributed by atoms with Crippen molar-refractivity contribution in [3.8, 4) is 28.6 Å². The number of aryl methyl sites for hydroxylation is 2. The number of benzene rings is 3. The summed E-state index contributed by atoms with van der Waals surface area (Å²) in [5, 5.41) is 21.0. The Bertz CT molecular complexity index is 1630. The largest absolute Gasteiger partial charge is 0.487 e. The van der Waals surface area contributed by atoms with Crippen LogP contribution in [-0.2, 0) is 12.8 Å². The van der Waals surface area contributed by atoms with Crippen molar-refractivity contribution in [3.05, 3.63) is 111 Å². The molecule has 1 atom stereocenters. The Balaban J connectivity index is 1.63. The monoisotopic (exact) mass is 519 g/mol. The molecule has 6 nitrogen and oxygen atoms in total. The maximum atomic E-state index is 14.1. The second kappa shape index (κ2) is 10.5. The second-order valence-corrected chi connectivity index (χ2v) is 10.8. The normalized spacial score (nSPS) is 15.7. The van der Waals surface area contributed by atoms with Gasteiger partial charge < -0.3 is 9.84 Å². The van der Waals surface area contributed by atoms with Gasteiger partial charge in [0.1, 0.15) is 23.2 Å². The summed E-state index contributed by atoms with van der Waals surface area (Å²) in [6, 6.07) is 23.5. The van der Waals surface area contributed by atoms with E-state index in [-0.39, 0.29) is 5.56 Å². The molecule has 1 aliphatic heterocycles. The van der Waals surface area contributed by atoms with Gasteiger partial charge in [-0.2, -0.15) is 5.26 Å². The Hall–Kier alpha value is -4.21. The van der Waals surface area contributed by atoms with Crippen molar-refractivity contribution in [1.29, 1.82) is 5.26 Å². The van der Waals surface area contributed by atoms with E-state index >= 15 is 0 Å². The molecule has 0 saturated heterocycles. The molecule has 0 bridgehead atoms. The van der Waals surface area contributed by atoms with Crippen LogP contribution >= 0.6 is 0 Å². The van der Waals surface area contributed by atoms with E-state index in [1.54, 1.807) is 4.57 Å². The van der Waals surface area contributed by atoms with Crippen LogP contribution in [0.25, 0.3) is 16.8 Å². The van der Waals surface area contributed by atoms with E-state index in [2.05, 4.69) is 13.0 Å². The first-order chi connectivity index (χ1) is 18.7. The predicted octanol–water partition coefficient (Wildman–Crippen LogP) is 6.22. The lowest BCUT2D eigenvalue weighted by Crippen LogP contribution is -2.35. The summed E-state index contributed by atoms with van der Waals surface area (Å²) in [5.74, 6) is 1.21.